The summed E-state index contributed by atoms with van der Waals surface area (Å²) in [5.41, 5.74) is 9.68. The summed E-state index contributed by atoms with van der Waals surface area (Å²) < 4.78 is 63.5. The zero-order chi connectivity index (χ0) is 27.8. The highest BCUT2D eigenvalue weighted by Crippen LogP contribution is 2.36. The lowest BCUT2D eigenvalue weighted by atomic mass is 9.96. The molecule has 0 aliphatic heterocycles. The highest BCUT2D eigenvalue weighted by molar-refractivity contribution is 7.92. The molecule has 9 nitrogen and oxygen atoms in total. The molecule has 0 saturated heterocycles. The summed E-state index contributed by atoms with van der Waals surface area (Å²) in [5, 5.41) is 0. The molecule has 5 aromatic rings. The lowest BCUT2D eigenvalue weighted by Crippen LogP contribution is -2.16. The number of nitrogens with two attached hydrogens (primary N) is 1. The van der Waals surface area contributed by atoms with Crippen LogP contribution in [-0.4, -0.2) is 31.4 Å². The van der Waals surface area contributed by atoms with E-state index in [-0.39, 0.29) is 22.0 Å². The number of hydrogen-bond donors (Lipinski definition) is 3. The number of hydrogen-bond acceptors (Lipinski definition) is 7. The average Bonchev–Trinajstić information content (AvgIpc) is 2.92. The first-order chi connectivity index (χ1) is 18.6. The molecule has 0 saturated carbocycles. The molecule has 0 amide bonds. The summed E-state index contributed by atoms with van der Waals surface area (Å²) in [6.45, 7) is 1.96. The highest BCUT2D eigenvalue weighted by Gasteiger charge is 2.25. The molecule has 4 N–H and O–H groups in total. The largest absolute Gasteiger partial charge is 0.399 e. The Morgan fingerprint density at radius 2 is 1.46 bits per heavy atom. The quantitative estimate of drug-likeness (QED) is 0.182. The second kappa shape index (κ2) is 10.1. The number of fused-ring (bicyclic) bond motifs is 1. The van der Waals surface area contributed by atoms with Gasteiger partial charge in [-0.25, -0.2) is 18.4 Å². The van der Waals surface area contributed by atoms with Gasteiger partial charge in [-0.3, -0.25) is 9.27 Å². The molecule has 0 unspecified atom stereocenters. The molecule has 0 aliphatic rings. The number of rotatable bonds is 7. The summed E-state index contributed by atoms with van der Waals surface area (Å²) in [7, 11) is -8.84. The number of sulfonamides is 1. The highest BCUT2D eigenvalue weighted by atomic mass is 32.2. The SMILES string of the molecule is CCc1c(-c2ccccc2)ccc2nc(NS(=O)(=O)c3ccc(N)cc3)c(-c3ccccc3S(=O)(=O)O)nc12. The Labute approximate surface area is 226 Å². The van der Waals surface area contributed by atoms with E-state index in [0.29, 0.717) is 23.1 Å². The van der Waals surface area contributed by atoms with Crippen LogP contribution in [0.15, 0.2) is 101 Å². The normalized spacial score (nSPS) is 11.9. The smallest absolute Gasteiger partial charge is 0.295 e. The Balaban J connectivity index is 1.80. The summed E-state index contributed by atoms with van der Waals surface area (Å²) >= 11 is 0. The maximum atomic E-state index is 13.3. The van der Waals surface area contributed by atoms with Crippen molar-refractivity contribution in [2.45, 2.75) is 23.1 Å². The third kappa shape index (κ3) is 5.19. The zero-order valence-corrected chi connectivity index (χ0v) is 22.4. The van der Waals surface area contributed by atoms with Gasteiger partial charge in [0.25, 0.3) is 20.1 Å². The molecule has 0 bridgehead atoms. The Kier molecular flexibility index (Phi) is 6.81. The first-order valence-electron chi connectivity index (χ1n) is 11.9. The van der Waals surface area contributed by atoms with Crippen molar-refractivity contribution in [3.8, 4) is 22.4 Å². The van der Waals surface area contributed by atoms with Gasteiger partial charge in [0.1, 0.15) is 10.6 Å². The van der Waals surface area contributed by atoms with E-state index >= 15 is 0 Å². The van der Waals surface area contributed by atoms with Crippen LogP contribution in [0, 0.1) is 0 Å². The molecule has 0 atom stereocenters. The van der Waals surface area contributed by atoms with Gasteiger partial charge in [0.2, 0.25) is 0 Å². The van der Waals surface area contributed by atoms with Gasteiger partial charge in [-0.2, -0.15) is 8.42 Å². The summed E-state index contributed by atoms with van der Waals surface area (Å²) in [4.78, 5) is 8.88. The zero-order valence-electron chi connectivity index (χ0n) is 20.7. The fourth-order valence-electron chi connectivity index (χ4n) is 4.40. The van der Waals surface area contributed by atoms with Gasteiger partial charge in [-0.1, -0.05) is 61.5 Å². The molecule has 4 aromatic carbocycles. The number of aromatic nitrogens is 2. The van der Waals surface area contributed by atoms with E-state index < -0.39 is 25.0 Å². The van der Waals surface area contributed by atoms with Gasteiger partial charge >= 0.3 is 0 Å². The van der Waals surface area contributed by atoms with Crippen molar-refractivity contribution in [3.63, 3.8) is 0 Å². The van der Waals surface area contributed by atoms with Gasteiger partial charge in [0.05, 0.1) is 15.9 Å². The van der Waals surface area contributed by atoms with E-state index in [9.17, 15) is 21.4 Å². The van der Waals surface area contributed by atoms with E-state index in [2.05, 4.69) is 9.71 Å². The fourth-order valence-corrected chi connectivity index (χ4v) is 6.10. The van der Waals surface area contributed by atoms with Crippen LogP contribution < -0.4 is 10.5 Å². The monoisotopic (exact) mass is 560 g/mol. The lowest BCUT2D eigenvalue weighted by Gasteiger charge is -2.17. The minimum atomic E-state index is -4.68. The molecule has 1 heterocycles. The van der Waals surface area contributed by atoms with Crippen molar-refractivity contribution in [1.82, 2.24) is 9.97 Å². The maximum absolute atomic E-state index is 13.3. The molecular formula is C28H24N4O5S2. The molecule has 11 heteroatoms. The minimum Gasteiger partial charge on any atom is -0.399 e. The summed E-state index contributed by atoms with van der Waals surface area (Å²) in [6.07, 6.45) is 0.576. The molecule has 198 valence electrons. The number of nitrogen functional groups attached to an aromatic ring is 1. The van der Waals surface area contributed by atoms with E-state index in [4.69, 9.17) is 10.7 Å². The van der Waals surface area contributed by atoms with Crippen LogP contribution in [0.25, 0.3) is 33.4 Å². The summed E-state index contributed by atoms with van der Waals surface area (Å²) in [6, 6.07) is 24.6. The van der Waals surface area contributed by atoms with Crippen LogP contribution in [0.2, 0.25) is 0 Å². The fraction of sp³-hybridized carbons (Fsp3) is 0.0714. The van der Waals surface area contributed by atoms with Crippen molar-refractivity contribution in [2.24, 2.45) is 0 Å². The Bertz CT molecular complexity index is 1910. The maximum Gasteiger partial charge on any atom is 0.295 e. The van der Waals surface area contributed by atoms with Crippen LogP contribution >= 0.6 is 0 Å². The number of aryl methyl sites for hydroxylation is 1. The van der Waals surface area contributed by atoms with Crippen LogP contribution in [0.3, 0.4) is 0 Å². The molecule has 0 aliphatic carbocycles. The second-order valence-corrected chi connectivity index (χ2v) is 11.8. The first kappa shape index (κ1) is 26.3. The average molecular weight is 561 g/mol. The van der Waals surface area contributed by atoms with Crippen molar-refractivity contribution in [2.75, 3.05) is 10.5 Å². The standard InChI is InChI=1S/C28H24N4O5S2/c1-2-21-22(18-8-4-3-5-9-18)16-17-24-26(21)31-27(23-10-6-7-11-25(23)39(35,36)37)28(30-24)32-38(33,34)20-14-12-19(29)13-15-20/h3-17H,2,29H2,1H3,(H,30,32)(H,35,36,37). The number of benzene rings is 4. The van der Waals surface area contributed by atoms with Gasteiger partial charge in [-0.05, 0) is 59.5 Å². The van der Waals surface area contributed by atoms with E-state index in [1.165, 1.54) is 42.5 Å². The van der Waals surface area contributed by atoms with Gasteiger partial charge < -0.3 is 5.73 Å². The predicted octanol–water partition coefficient (Wildman–Crippen LogP) is 5.16. The van der Waals surface area contributed by atoms with Crippen molar-refractivity contribution in [3.05, 3.63) is 96.6 Å². The second-order valence-electron chi connectivity index (χ2n) is 8.75. The number of nitrogens with one attached hydrogen (secondary N) is 1. The topological polar surface area (TPSA) is 152 Å². The van der Waals surface area contributed by atoms with E-state index in [1.54, 1.807) is 12.1 Å². The molecule has 0 spiro atoms. The van der Waals surface area contributed by atoms with Crippen molar-refractivity contribution >= 4 is 42.7 Å². The van der Waals surface area contributed by atoms with E-state index in [1.807, 2.05) is 43.3 Å². The van der Waals surface area contributed by atoms with Crippen LogP contribution in [0.1, 0.15) is 12.5 Å². The molecule has 5 rings (SSSR count). The minimum absolute atomic E-state index is 0.00317. The number of anilines is 2. The van der Waals surface area contributed by atoms with Crippen molar-refractivity contribution in [1.29, 1.82) is 0 Å². The molecule has 0 fully saturated rings. The van der Waals surface area contributed by atoms with Crippen LogP contribution in [-0.2, 0) is 26.6 Å². The third-order valence-corrected chi connectivity index (χ3v) is 8.49. The predicted molar refractivity (Wildman–Crippen MR) is 151 cm³/mol. The Morgan fingerprint density at radius 3 is 2.13 bits per heavy atom. The Morgan fingerprint density at radius 1 is 0.795 bits per heavy atom. The van der Waals surface area contributed by atoms with Crippen molar-refractivity contribution < 1.29 is 21.4 Å². The summed E-state index contributed by atoms with van der Waals surface area (Å²) in [5.74, 6) is -0.190. The van der Waals surface area contributed by atoms with E-state index in [0.717, 1.165) is 16.7 Å². The number of nitrogens with zero attached hydrogens (tertiary/aromatic N) is 2. The van der Waals surface area contributed by atoms with Crippen LogP contribution in [0.5, 0.6) is 0 Å². The Hall–Kier alpha value is -4.32. The molecule has 1 aromatic heterocycles. The van der Waals surface area contributed by atoms with Gasteiger partial charge in [-0.15, -0.1) is 0 Å². The van der Waals surface area contributed by atoms with Crippen LogP contribution in [0.4, 0.5) is 11.5 Å². The van der Waals surface area contributed by atoms with Gasteiger partial charge in [0, 0.05) is 11.3 Å². The first-order valence-corrected chi connectivity index (χ1v) is 14.8. The molecule has 0 radical (unpaired) electrons. The molecular weight excluding hydrogens is 536 g/mol. The van der Waals surface area contributed by atoms with Gasteiger partial charge in [0.15, 0.2) is 5.82 Å². The third-order valence-electron chi connectivity index (χ3n) is 6.22. The lowest BCUT2D eigenvalue weighted by molar-refractivity contribution is 0.483. The molecule has 39 heavy (non-hydrogen) atoms.